The van der Waals surface area contributed by atoms with Crippen molar-refractivity contribution in [1.29, 1.82) is 5.41 Å². The number of nitrogens with one attached hydrogen (secondary N) is 4. The fraction of sp³-hybridized carbons (Fsp3) is 0.0800. The van der Waals surface area contributed by atoms with Gasteiger partial charge in [0.05, 0.1) is 10.5 Å². The molecule has 14 heteroatoms. The molecule has 4 aromatic rings. The van der Waals surface area contributed by atoms with Crippen molar-refractivity contribution < 1.29 is 35.5 Å². The van der Waals surface area contributed by atoms with E-state index >= 15 is 0 Å². The molecule has 0 aliphatic carbocycles. The molecular weight excluding hydrogens is 542 g/mol. The molecule has 0 radical (unpaired) electrons. The lowest BCUT2D eigenvalue weighted by molar-refractivity contribution is -0.274. The van der Waals surface area contributed by atoms with Crippen molar-refractivity contribution in [3.8, 4) is 5.75 Å². The molecule has 0 saturated heterocycles. The maximum absolute atomic E-state index is 14.7. The average Bonchev–Trinajstić information content (AvgIpc) is 3.30. The minimum Gasteiger partial charge on any atom is -0.406 e. The first-order valence-corrected chi connectivity index (χ1v) is 12.5. The van der Waals surface area contributed by atoms with Crippen molar-refractivity contribution in [3.63, 3.8) is 0 Å². The van der Waals surface area contributed by atoms with E-state index in [0.29, 0.717) is 28.2 Å². The van der Waals surface area contributed by atoms with Gasteiger partial charge >= 0.3 is 6.36 Å². The van der Waals surface area contributed by atoms with E-state index in [9.17, 15) is 30.8 Å². The summed E-state index contributed by atoms with van der Waals surface area (Å²) in [6, 6.07) is 8.23. The maximum atomic E-state index is 14.7. The minimum atomic E-state index is -5.02. The third-order valence-electron chi connectivity index (χ3n) is 5.38. The van der Waals surface area contributed by atoms with Crippen LogP contribution >= 0.6 is 0 Å². The van der Waals surface area contributed by atoms with Crippen LogP contribution in [0.25, 0.3) is 16.6 Å². The van der Waals surface area contributed by atoms with Gasteiger partial charge in [0.25, 0.3) is 10.0 Å². The van der Waals surface area contributed by atoms with Crippen molar-refractivity contribution in [2.75, 3.05) is 11.8 Å². The number of ether oxygens (including phenoxy) is 1. The van der Waals surface area contributed by atoms with Gasteiger partial charge in [-0.05, 0) is 36.4 Å². The second-order valence-electron chi connectivity index (χ2n) is 8.01. The number of aromatic amines is 1. The molecule has 0 fully saturated rings. The summed E-state index contributed by atoms with van der Waals surface area (Å²) in [5.74, 6) is -2.46. The van der Waals surface area contributed by atoms with Gasteiger partial charge in [0.2, 0.25) is 0 Å². The fourth-order valence-corrected chi connectivity index (χ4v) is 4.76. The molecule has 0 bridgehead atoms. The van der Waals surface area contributed by atoms with Gasteiger partial charge in [-0.1, -0.05) is 6.07 Å². The van der Waals surface area contributed by atoms with Crippen LogP contribution in [0.4, 0.5) is 23.2 Å². The van der Waals surface area contributed by atoms with Crippen molar-refractivity contribution >= 4 is 44.3 Å². The first-order valence-electron chi connectivity index (χ1n) is 11.0. The van der Waals surface area contributed by atoms with E-state index in [1.807, 2.05) is 0 Å². The molecule has 2 heterocycles. The van der Waals surface area contributed by atoms with Crippen LogP contribution in [0.1, 0.15) is 21.5 Å². The van der Waals surface area contributed by atoms with Crippen LogP contribution in [0.2, 0.25) is 0 Å². The van der Waals surface area contributed by atoms with E-state index in [0.717, 1.165) is 42.6 Å². The third kappa shape index (κ3) is 6.06. The van der Waals surface area contributed by atoms with E-state index < -0.39 is 44.2 Å². The minimum absolute atomic E-state index is 0.0454. The monoisotopic (exact) mass is 561 g/mol. The van der Waals surface area contributed by atoms with Gasteiger partial charge in [-0.3, -0.25) is 9.52 Å². The molecule has 0 unspecified atom stereocenters. The highest BCUT2D eigenvalue weighted by Gasteiger charge is 2.31. The number of rotatable bonds is 9. The number of alkyl halides is 3. The lowest BCUT2D eigenvalue weighted by Crippen LogP contribution is -2.18. The normalized spacial score (nSPS) is 12.3. The molecule has 9 nitrogen and oxygen atoms in total. The Morgan fingerprint density at radius 1 is 1.13 bits per heavy atom. The van der Waals surface area contributed by atoms with Crippen LogP contribution < -0.4 is 14.8 Å². The Hall–Kier alpha value is -4.72. The zero-order valence-corrected chi connectivity index (χ0v) is 20.7. The maximum Gasteiger partial charge on any atom is 0.573 e. The molecule has 0 saturated carbocycles. The highest BCUT2D eigenvalue weighted by Crippen LogP contribution is 2.28. The summed E-state index contributed by atoms with van der Waals surface area (Å²) in [7, 11) is -2.79. The molecule has 2 aromatic heterocycles. The molecule has 0 aliphatic rings. The van der Waals surface area contributed by atoms with Crippen LogP contribution in [0.5, 0.6) is 5.75 Å². The molecule has 202 valence electrons. The fourth-order valence-electron chi connectivity index (χ4n) is 3.67. The standard InChI is InChI=1S/C25H19F4N5O4S/c1-31-11-15(10-30)14-7-19-21(13-33-24(19)32-12-14)23(35)20-8-16(5-6-22(20)26)34-39(36,37)18-4-2-3-17(9-18)38-25(27,28)29/h2-13,30-31,34H,1H3,(H,32,33)/b15-11+,30-10?. The second-order valence-corrected chi connectivity index (χ2v) is 9.69. The molecule has 4 rings (SSSR count). The molecule has 2 aromatic carbocycles. The molecular formula is C25H19F4N5O4S. The van der Waals surface area contributed by atoms with Crippen molar-refractivity contribution in [2.45, 2.75) is 11.3 Å². The number of fused-ring (bicyclic) bond motifs is 1. The number of pyridine rings is 1. The number of sulfonamides is 1. The number of aromatic nitrogens is 2. The molecule has 4 N–H and O–H groups in total. The van der Waals surface area contributed by atoms with E-state index in [4.69, 9.17) is 5.41 Å². The summed E-state index contributed by atoms with van der Waals surface area (Å²) in [5, 5.41) is 10.7. The number of halogens is 4. The Morgan fingerprint density at radius 2 is 1.90 bits per heavy atom. The predicted molar refractivity (Wildman–Crippen MR) is 136 cm³/mol. The van der Waals surface area contributed by atoms with Gasteiger partial charge < -0.3 is 20.4 Å². The molecule has 0 aliphatic heterocycles. The van der Waals surface area contributed by atoms with Gasteiger partial charge in [-0.25, -0.2) is 17.8 Å². The summed E-state index contributed by atoms with van der Waals surface area (Å²) < 4.78 is 83.8. The summed E-state index contributed by atoms with van der Waals surface area (Å²) >= 11 is 0. The Morgan fingerprint density at radius 3 is 2.59 bits per heavy atom. The van der Waals surface area contributed by atoms with E-state index in [-0.39, 0.29) is 11.3 Å². The topological polar surface area (TPSA) is 137 Å². The molecule has 0 spiro atoms. The Labute approximate surface area is 219 Å². The summed E-state index contributed by atoms with van der Waals surface area (Å²) in [5.41, 5.74) is 0.688. The molecule has 39 heavy (non-hydrogen) atoms. The number of anilines is 1. The first kappa shape index (κ1) is 27.3. The summed E-state index contributed by atoms with van der Waals surface area (Å²) in [6.45, 7) is 0. The van der Waals surface area contributed by atoms with Crippen LogP contribution in [-0.2, 0) is 10.0 Å². The van der Waals surface area contributed by atoms with E-state index in [2.05, 4.69) is 24.7 Å². The lowest BCUT2D eigenvalue weighted by Gasteiger charge is -2.12. The molecule has 0 atom stereocenters. The SMILES string of the molecule is CN/C=C(\C=N)c1cnc2[nH]cc(C(=O)c3cc(NS(=O)(=O)c4cccc(OC(F)(F)F)c4)ccc3F)c2c1. The highest BCUT2D eigenvalue weighted by molar-refractivity contribution is 7.92. The lowest BCUT2D eigenvalue weighted by atomic mass is 10.0. The summed E-state index contributed by atoms with van der Waals surface area (Å²) in [6.07, 6.45) is 0.451. The number of carbonyl (C=O) groups is 1. The van der Waals surface area contributed by atoms with Gasteiger partial charge in [-0.2, -0.15) is 0 Å². The Bertz CT molecular complexity index is 1720. The van der Waals surface area contributed by atoms with E-state index in [1.54, 1.807) is 19.3 Å². The Balaban J connectivity index is 1.67. The smallest absolute Gasteiger partial charge is 0.406 e. The number of allylic oxidation sites excluding steroid dienone is 1. The first-order chi connectivity index (χ1) is 18.4. The zero-order valence-electron chi connectivity index (χ0n) is 19.9. The number of H-pyrrole nitrogens is 1. The van der Waals surface area contributed by atoms with Gasteiger partial charge in [0.1, 0.15) is 17.2 Å². The van der Waals surface area contributed by atoms with Crippen LogP contribution in [0.15, 0.2) is 72.0 Å². The number of ketones is 1. The van der Waals surface area contributed by atoms with Crippen molar-refractivity contribution in [2.24, 2.45) is 0 Å². The van der Waals surface area contributed by atoms with Crippen LogP contribution in [0.3, 0.4) is 0 Å². The van der Waals surface area contributed by atoms with Gasteiger partial charge in [0.15, 0.2) is 5.78 Å². The van der Waals surface area contributed by atoms with Crippen LogP contribution in [-0.4, -0.2) is 43.8 Å². The molecule has 0 amide bonds. The number of hydrogen-bond acceptors (Lipinski definition) is 7. The van der Waals surface area contributed by atoms with Gasteiger partial charge in [-0.15, -0.1) is 13.2 Å². The van der Waals surface area contributed by atoms with Gasteiger partial charge in [0, 0.05) is 65.7 Å². The third-order valence-corrected chi connectivity index (χ3v) is 6.76. The highest BCUT2D eigenvalue weighted by atomic mass is 32.2. The number of hydrogen-bond donors (Lipinski definition) is 4. The van der Waals surface area contributed by atoms with Crippen LogP contribution in [0, 0.1) is 11.2 Å². The number of carbonyl (C=O) groups excluding carboxylic acids is 1. The predicted octanol–water partition coefficient (Wildman–Crippen LogP) is 4.84. The largest absolute Gasteiger partial charge is 0.573 e. The van der Waals surface area contributed by atoms with Crippen molar-refractivity contribution in [1.82, 2.24) is 15.3 Å². The quantitative estimate of drug-likeness (QED) is 0.131. The average molecular weight is 562 g/mol. The summed E-state index contributed by atoms with van der Waals surface area (Å²) in [4.78, 5) is 19.8. The zero-order chi connectivity index (χ0) is 28.4. The number of nitrogens with zero attached hydrogens (tertiary/aromatic N) is 1. The number of benzene rings is 2. The second kappa shape index (κ2) is 10.6. The van der Waals surface area contributed by atoms with E-state index in [1.165, 1.54) is 12.4 Å². The van der Waals surface area contributed by atoms with Crippen molar-refractivity contribution in [3.05, 3.63) is 89.6 Å². The Kier molecular flexibility index (Phi) is 7.40.